The summed E-state index contributed by atoms with van der Waals surface area (Å²) in [6, 6.07) is 9.12. The fourth-order valence-electron chi connectivity index (χ4n) is 2.03. The summed E-state index contributed by atoms with van der Waals surface area (Å²) < 4.78 is 6.93. The Bertz CT molecular complexity index is 632. The van der Waals surface area contributed by atoms with E-state index in [2.05, 4.69) is 13.0 Å². The number of ether oxygens (including phenoxy) is 1. The molecule has 0 spiro atoms. The number of nitrogens with two attached hydrogens (primary N) is 1. The van der Waals surface area contributed by atoms with Gasteiger partial charge in [-0.2, -0.15) is 0 Å². The fraction of sp³-hybridized carbons (Fsp3) is 0.267. The zero-order chi connectivity index (χ0) is 13.8. The quantitative estimate of drug-likeness (QED) is 0.913. The second-order valence-electron chi connectivity index (χ2n) is 4.43. The molecule has 0 aliphatic rings. The molecule has 0 saturated heterocycles. The van der Waals surface area contributed by atoms with Gasteiger partial charge in [0.15, 0.2) is 0 Å². The van der Waals surface area contributed by atoms with Crippen LogP contribution in [0, 0.1) is 0 Å². The third kappa shape index (κ3) is 2.96. The maximum absolute atomic E-state index is 11.8. The summed E-state index contributed by atoms with van der Waals surface area (Å²) in [7, 11) is 1.63. The molecular formula is C15H18N2O2. The highest BCUT2D eigenvalue weighted by molar-refractivity contribution is 5.39. The highest BCUT2D eigenvalue weighted by atomic mass is 16.5. The zero-order valence-electron chi connectivity index (χ0n) is 11.2. The van der Waals surface area contributed by atoms with Crippen LogP contribution in [0.1, 0.15) is 18.1 Å². The van der Waals surface area contributed by atoms with Crippen LogP contribution in [-0.2, 0) is 13.0 Å². The number of rotatable bonds is 4. The van der Waals surface area contributed by atoms with Crippen molar-refractivity contribution in [2.45, 2.75) is 19.9 Å². The number of aromatic nitrogens is 1. The molecule has 0 aliphatic carbocycles. The summed E-state index contributed by atoms with van der Waals surface area (Å²) >= 11 is 0. The van der Waals surface area contributed by atoms with Crippen molar-refractivity contribution >= 4 is 5.69 Å². The molecule has 100 valence electrons. The van der Waals surface area contributed by atoms with Gasteiger partial charge in [0, 0.05) is 23.5 Å². The molecule has 0 fully saturated rings. The lowest BCUT2D eigenvalue weighted by molar-refractivity contribution is 0.408. The first-order chi connectivity index (χ1) is 9.13. The average molecular weight is 258 g/mol. The summed E-state index contributed by atoms with van der Waals surface area (Å²) in [5, 5.41) is 0. The first kappa shape index (κ1) is 13.2. The number of benzene rings is 1. The predicted octanol–water partition coefficient (Wildman–Crippen LogP) is 2.05. The normalized spacial score (nSPS) is 10.4. The van der Waals surface area contributed by atoms with E-state index in [1.165, 1.54) is 11.6 Å². The maximum Gasteiger partial charge on any atom is 0.250 e. The van der Waals surface area contributed by atoms with E-state index in [1.54, 1.807) is 23.9 Å². The zero-order valence-corrected chi connectivity index (χ0v) is 11.2. The second kappa shape index (κ2) is 5.61. The Kier molecular flexibility index (Phi) is 3.90. The average Bonchev–Trinajstić information content (AvgIpc) is 2.42. The number of aryl methyl sites for hydroxylation is 1. The second-order valence-corrected chi connectivity index (χ2v) is 4.43. The molecule has 1 aromatic carbocycles. The van der Waals surface area contributed by atoms with Crippen LogP contribution >= 0.6 is 0 Å². The first-order valence-corrected chi connectivity index (χ1v) is 6.25. The summed E-state index contributed by atoms with van der Waals surface area (Å²) in [6.07, 6.45) is 2.60. The molecule has 0 bridgehead atoms. The Morgan fingerprint density at radius 1 is 1.26 bits per heavy atom. The monoisotopic (exact) mass is 258 g/mol. The van der Waals surface area contributed by atoms with Crippen molar-refractivity contribution in [3.05, 3.63) is 58.0 Å². The topological polar surface area (TPSA) is 57.2 Å². The molecule has 0 aliphatic heterocycles. The van der Waals surface area contributed by atoms with Gasteiger partial charge in [0.25, 0.3) is 5.56 Å². The van der Waals surface area contributed by atoms with Gasteiger partial charge in [0.1, 0.15) is 5.75 Å². The molecule has 4 nitrogen and oxygen atoms in total. The Morgan fingerprint density at radius 3 is 2.74 bits per heavy atom. The van der Waals surface area contributed by atoms with Crippen LogP contribution in [0.2, 0.25) is 0 Å². The number of nitrogens with zero attached hydrogens (tertiary/aromatic N) is 1. The SMILES string of the molecule is CCc1ccc(OC)c(Cn2cc(N)ccc2=O)c1. The molecule has 1 aromatic heterocycles. The number of methoxy groups -OCH3 is 1. The van der Waals surface area contributed by atoms with E-state index in [0.717, 1.165) is 17.7 Å². The Balaban J connectivity index is 2.41. The number of hydrogen-bond donors (Lipinski definition) is 1. The molecule has 2 aromatic rings. The van der Waals surface area contributed by atoms with Gasteiger partial charge in [0.05, 0.1) is 13.7 Å². The van der Waals surface area contributed by atoms with Crippen LogP contribution in [0.25, 0.3) is 0 Å². The molecule has 0 saturated carbocycles. The molecule has 0 unspecified atom stereocenters. The van der Waals surface area contributed by atoms with Crippen LogP contribution in [0.5, 0.6) is 5.75 Å². The molecule has 4 heteroatoms. The van der Waals surface area contributed by atoms with Gasteiger partial charge in [-0.3, -0.25) is 4.79 Å². The summed E-state index contributed by atoms with van der Waals surface area (Å²) in [5.41, 5.74) is 8.42. The fourth-order valence-corrected chi connectivity index (χ4v) is 2.03. The van der Waals surface area contributed by atoms with Gasteiger partial charge < -0.3 is 15.0 Å². The highest BCUT2D eigenvalue weighted by Crippen LogP contribution is 2.21. The summed E-state index contributed by atoms with van der Waals surface area (Å²) in [5.74, 6) is 0.784. The molecule has 0 atom stereocenters. The molecule has 1 heterocycles. The Hall–Kier alpha value is -2.23. The van der Waals surface area contributed by atoms with Gasteiger partial charge in [-0.05, 0) is 24.1 Å². The third-order valence-corrected chi connectivity index (χ3v) is 3.10. The Labute approximate surface area is 112 Å². The molecular weight excluding hydrogens is 240 g/mol. The lowest BCUT2D eigenvalue weighted by Gasteiger charge is -2.12. The van der Waals surface area contributed by atoms with Crippen molar-refractivity contribution < 1.29 is 4.74 Å². The number of pyridine rings is 1. The van der Waals surface area contributed by atoms with E-state index in [4.69, 9.17) is 10.5 Å². The van der Waals surface area contributed by atoms with Gasteiger partial charge in [-0.15, -0.1) is 0 Å². The minimum Gasteiger partial charge on any atom is -0.496 e. The Morgan fingerprint density at radius 2 is 2.05 bits per heavy atom. The lowest BCUT2D eigenvalue weighted by atomic mass is 10.1. The number of nitrogen functional groups attached to an aromatic ring is 1. The smallest absolute Gasteiger partial charge is 0.250 e. The van der Waals surface area contributed by atoms with Gasteiger partial charge in [-0.25, -0.2) is 0 Å². The van der Waals surface area contributed by atoms with Crippen LogP contribution in [0.4, 0.5) is 5.69 Å². The van der Waals surface area contributed by atoms with Crippen LogP contribution in [-0.4, -0.2) is 11.7 Å². The summed E-state index contributed by atoms with van der Waals surface area (Å²) in [6.45, 7) is 2.55. The molecule has 19 heavy (non-hydrogen) atoms. The first-order valence-electron chi connectivity index (χ1n) is 6.25. The third-order valence-electron chi connectivity index (χ3n) is 3.10. The summed E-state index contributed by atoms with van der Waals surface area (Å²) in [4.78, 5) is 11.8. The molecule has 2 N–H and O–H groups in total. The van der Waals surface area contributed by atoms with Crippen molar-refractivity contribution in [3.63, 3.8) is 0 Å². The van der Waals surface area contributed by atoms with Crippen molar-refractivity contribution in [1.82, 2.24) is 4.57 Å². The van der Waals surface area contributed by atoms with E-state index in [-0.39, 0.29) is 5.56 Å². The minimum absolute atomic E-state index is 0.0712. The van der Waals surface area contributed by atoms with Crippen LogP contribution in [0.3, 0.4) is 0 Å². The minimum atomic E-state index is -0.0712. The molecule has 2 rings (SSSR count). The van der Waals surface area contributed by atoms with Gasteiger partial charge in [-0.1, -0.05) is 19.1 Å². The van der Waals surface area contributed by atoms with Crippen molar-refractivity contribution in [2.75, 3.05) is 12.8 Å². The standard InChI is InChI=1S/C15H18N2O2/c1-3-11-4-6-14(19-2)12(8-11)9-17-10-13(16)5-7-15(17)18/h4-8,10H,3,9,16H2,1-2H3. The van der Waals surface area contributed by atoms with Crippen LogP contribution in [0.15, 0.2) is 41.3 Å². The van der Waals surface area contributed by atoms with Crippen LogP contribution < -0.4 is 16.0 Å². The van der Waals surface area contributed by atoms with E-state index >= 15 is 0 Å². The number of hydrogen-bond acceptors (Lipinski definition) is 3. The highest BCUT2D eigenvalue weighted by Gasteiger charge is 2.06. The van der Waals surface area contributed by atoms with Crippen molar-refractivity contribution in [3.8, 4) is 5.75 Å². The van der Waals surface area contributed by atoms with Gasteiger partial charge in [0.2, 0.25) is 0 Å². The van der Waals surface area contributed by atoms with E-state index in [1.807, 2.05) is 12.1 Å². The van der Waals surface area contributed by atoms with E-state index < -0.39 is 0 Å². The molecule has 0 radical (unpaired) electrons. The number of anilines is 1. The largest absolute Gasteiger partial charge is 0.496 e. The molecule has 0 amide bonds. The van der Waals surface area contributed by atoms with Crippen molar-refractivity contribution in [2.24, 2.45) is 0 Å². The van der Waals surface area contributed by atoms with E-state index in [0.29, 0.717) is 12.2 Å². The predicted molar refractivity (Wildman–Crippen MR) is 76.6 cm³/mol. The lowest BCUT2D eigenvalue weighted by Crippen LogP contribution is -2.19. The van der Waals surface area contributed by atoms with E-state index in [9.17, 15) is 4.79 Å². The van der Waals surface area contributed by atoms with Gasteiger partial charge >= 0.3 is 0 Å². The van der Waals surface area contributed by atoms with Crippen molar-refractivity contribution in [1.29, 1.82) is 0 Å². The maximum atomic E-state index is 11.8.